The molecule has 0 atom stereocenters. The number of hydrogen-bond donors (Lipinski definition) is 1. The van der Waals surface area contributed by atoms with Crippen LogP contribution in [-0.4, -0.2) is 26.3 Å². The molecule has 0 heterocycles. The van der Waals surface area contributed by atoms with Crippen LogP contribution in [0.15, 0.2) is 24.3 Å². The van der Waals surface area contributed by atoms with Gasteiger partial charge in [-0.3, -0.25) is 4.84 Å². The molecule has 0 aromatic heterocycles. The standard InChI is InChI=1S/C11H11F3N2O4/c1-15-9(17)16(20-10(18)19-2)8-5-3-7(4-6-8)11(12,13)14/h3-6H,1-2H3,(H,15,17). The van der Waals surface area contributed by atoms with Crippen molar-refractivity contribution in [2.45, 2.75) is 6.18 Å². The second-order valence-electron chi connectivity index (χ2n) is 3.44. The maximum atomic E-state index is 12.4. The van der Waals surface area contributed by atoms with Crippen LogP contribution in [0.25, 0.3) is 0 Å². The van der Waals surface area contributed by atoms with E-state index in [0.29, 0.717) is 5.06 Å². The van der Waals surface area contributed by atoms with E-state index in [2.05, 4.69) is 14.9 Å². The monoisotopic (exact) mass is 292 g/mol. The zero-order valence-corrected chi connectivity index (χ0v) is 10.5. The number of benzene rings is 1. The molecule has 1 N–H and O–H groups in total. The van der Waals surface area contributed by atoms with E-state index in [1.807, 2.05) is 0 Å². The smallest absolute Gasteiger partial charge is 0.436 e. The van der Waals surface area contributed by atoms with E-state index in [1.54, 1.807) is 0 Å². The minimum absolute atomic E-state index is 0.0669. The van der Waals surface area contributed by atoms with Crippen molar-refractivity contribution >= 4 is 17.9 Å². The average Bonchev–Trinajstić information content (AvgIpc) is 2.42. The first kappa shape index (κ1) is 15.6. The first-order valence-electron chi connectivity index (χ1n) is 5.24. The summed E-state index contributed by atoms with van der Waals surface area (Å²) in [6.45, 7) is 0. The van der Waals surface area contributed by atoms with Crippen LogP contribution in [0.1, 0.15) is 5.56 Å². The fourth-order valence-electron chi connectivity index (χ4n) is 1.21. The van der Waals surface area contributed by atoms with Crippen LogP contribution in [0.2, 0.25) is 0 Å². The van der Waals surface area contributed by atoms with Gasteiger partial charge < -0.3 is 10.1 Å². The predicted molar refractivity (Wildman–Crippen MR) is 61.9 cm³/mol. The summed E-state index contributed by atoms with van der Waals surface area (Å²) in [5.74, 6) is 0. The molecule has 1 aromatic carbocycles. The highest BCUT2D eigenvalue weighted by molar-refractivity contribution is 5.91. The normalized spacial score (nSPS) is 10.7. The molecule has 20 heavy (non-hydrogen) atoms. The number of nitrogens with zero attached hydrogens (tertiary/aromatic N) is 1. The van der Waals surface area contributed by atoms with Crippen LogP contribution in [-0.2, 0) is 15.8 Å². The van der Waals surface area contributed by atoms with Crippen molar-refractivity contribution in [2.75, 3.05) is 19.2 Å². The number of amides is 2. The van der Waals surface area contributed by atoms with Gasteiger partial charge in [0.2, 0.25) is 0 Å². The SMILES string of the molecule is CNC(=O)N(OC(=O)OC)c1ccc(C(F)(F)F)cc1. The maximum Gasteiger partial charge on any atom is 0.533 e. The number of ether oxygens (including phenoxy) is 1. The number of rotatable bonds is 1. The number of anilines is 1. The molecule has 0 aliphatic carbocycles. The zero-order chi connectivity index (χ0) is 15.3. The van der Waals surface area contributed by atoms with Gasteiger partial charge in [0.1, 0.15) is 0 Å². The molecule has 0 radical (unpaired) electrons. The number of hydrogen-bond acceptors (Lipinski definition) is 4. The summed E-state index contributed by atoms with van der Waals surface area (Å²) in [6, 6.07) is 2.63. The molecule has 0 unspecified atom stereocenters. The fourth-order valence-corrected chi connectivity index (χ4v) is 1.21. The van der Waals surface area contributed by atoms with E-state index >= 15 is 0 Å². The third-order valence-corrected chi connectivity index (χ3v) is 2.16. The number of hydroxylamine groups is 1. The van der Waals surface area contributed by atoms with E-state index in [0.717, 1.165) is 31.4 Å². The van der Waals surface area contributed by atoms with Crippen molar-refractivity contribution < 1.29 is 32.3 Å². The minimum atomic E-state index is -4.50. The van der Waals surface area contributed by atoms with Gasteiger partial charge in [-0.2, -0.15) is 13.2 Å². The Morgan fingerprint density at radius 2 is 1.75 bits per heavy atom. The molecule has 9 heteroatoms. The second kappa shape index (κ2) is 6.13. The molecule has 2 amide bonds. The Balaban J connectivity index is 3.02. The van der Waals surface area contributed by atoms with Gasteiger partial charge in [-0.25, -0.2) is 9.59 Å². The van der Waals surface area contributed by atoms with Gasteiger partial charge >= 0.3 is 18.4 Å². The molecule has 0 saturated heterocycles. The number of halogens is 3. The summed E-state index contributed by atoms with van der Waals surface area (Å²) in [4.78, 5) is 27.0. The summed E-state index contributed by atoms with van der Waals surface area (Å²) in [5, 5.41) is 2.65. The summed E-state index contributed by atoms with van der Waals surface area (Å²) in [7, 11) is 2.29. The van der Waals surface area contributed by atoms with Crippen LogP contribution >= 0.6 is 0 Å². The fraction of sp³-hybridized carbons (Fsp3) is 0.273. The zero-order valence-electron chi connectivity index (χ0n) is 10.5. The molecular formula is C11H11F3N2O4. The Hall–Kier alpha value is -2.45. The Labute approximate surface area is 112 Å². The number of urea groups is 1. The molecular weight excluding hydrogens is 281 g/mol. The predicted octanol–water partition coefficient (Wildman–Crippen LogP) is 2.55. The number of methoxy groups -OCH3 is 1. The molecule has 1 rings (SSSR count). The Morgan fingerprint density at radius 1 is 1.20 bits per heavy atom. The van der Waals surface area contributed by atoms with Crippen molar-refractivity contribution in [2.24, 2.45) is 0 Å². The van der Waals surface area contributed by atoms with Crippen molar-refractivity contribution in [1.82, 2.24) is 5.32 Å². The third-order valence-electron chi connectivity index (χ3n) is 2.16. The van der Waals surface area contributed by atoms with E-state index in [1.165, 1.54) is 7.05 Å². The van der Waals surface area contributed by atoms with E-state index in [9.17, 15) is 22.8 Å². The van der Waals surface area contributed by atoms with Gasteiger partial charge in [-0.15, -0.1) is 5.06 Å². The molecule has 0 aliphatic heterocycles. The maximum absolute atomic E-state index is 12.4. The summed E-state index contributed by atoms with van der Waals surface area (Å²) in [5.41, 5.74) is -0.959. The van der Waals surface area contributed by atoms with Crippen molar-refractivity contribution in [3.05, 3.63) is 29.8 Å². The van der Waals surface area contributed by atoms with Gasteiger partial charge in [0.25, 0.3) is 0 Å². The van der Waals surface area contributed by atoms with Crippen molar-refractivity contribution in [3.63, 3.8) is 0 Å². The van der Waals surface area contributed by atoms with Gasteiger partial charge in [-0.05, 0) is 24.3 Å². The number of alkyl halides is 3. The quantitative estimate of drug-likeness (QED) is 0.638. The number of carbonyl (C=O) groups excluding carboxylic acids is 2. The van der Waals surface area contributed by atoms with Crippen LogP contribution in [0.3, 0.4) is 0 Å². The molecule has 0 saturated carbocycles. The van der Waals surface area contributed by atoms with Crippen LogP contribution < -0.4 is 10.4 Å². The number of nitrogens with one attached hydrogen (secondary N) is 1. The highest BCUT2D eigenvalue weighted by Gasteiger charge is 2.30. The second-order valence-corrected chi connectivity index (χ2v) is 3.44. The first-order chi connectivity index (χ1) is 9.29. The Bertz CT molecular complexity index is 487. The van der Waals surface area contributed by atoms with E-state index in [4.69, 9.17) is 0 Å². The van der Waals surface area contributed by atoms with Crippen LogP contribution in [0.4, 0.5) is 28.4 Å². The minimum Gasteiger partial charge on any atom is -0.436 e. The Morgan fingerprint density at radius 3 is 2.15 bits per heavy atom. The molecule has 0 aliphatic rings. The van der Waals surface area contributed by atoms with Crippen LogP contribution in [0, 0.1) is 0 Å². The Kier molecular flexibility index (Phi) is 4.78. The van der Waals surface area contributed by atoms with Gasteiger partial charge in [0.05, 0.1) is 18.4 Å². The lowest BCUT2D eigenvalue weighted by atomic mass is 10.2. The largest absolute Gasteiger partial charge is 0.533 e. The first-order valence-corrected chi connectivity index (χ1v) is 5.24. The van der Waals surface area contributed by atoms with Crippen molar-refractivity contribution in [1.29, 1.82) is 0 Å². The van der Waals surface area contributed by atoms with E-state index in [-0.39, 0.29) is 5.69 Å². The van der Waals surface area contributed by atoms with Gasteiger partial charge in [-0.1, -0.05) is 0 Å². The summed E-state index contributed by atoms with van der Waals surface area (Å²) in [6.07, 6.45) is -5.69. The summed E-state index contributed by atoms with van der Waals surface area (Å²) < 4.78 is 41.4. The highest BCUT2D eigenvalue weighted by atomic mass is 19.4. The average molecular weight is 292 g/mol. The van der Waals surface area contributed by atoms with Gasteiger partial charge in [0, 0.05) is 7.05 Å². The molecule has 0 bridgehead atoms. The van der Waals surface area contributed by atoms with Gasteiger partial charge in [0.15, 0.2) is 0 Å². The summed E-state index contributed by atoms with van der Waals surface area (Å²) >= 11 is 0. The highest BCUT2D eigenvalue weighted by Crippen LogP contribution is 2.30. The van der Waals surface area contributed by atoms with Crippen molar-refractivity contribution in [3.8, 4) is 0 Å². The molecule has 110 valence electrons. The van der Waals surface area contributed by atoms with E-state index < -0.39 is 23.9 Å². The molecule has 0 spiro atoms. The number of carbonyl (C=O) groups is 2. The topological polar surface area (TPSA) is 67.9 Å². The van der Waals surface area contributed by atoms with Crippen LogP contribution in [0.5, 0.6) is 0 Å². The lowest BCUT2D eigenvalue weighted by molar-refractivity contribution is -0.137. The molecule has 0 fully saturated rings. The molecule has 1 aromatic rings. The molecule has 6 nitrogen and oxygen atoms in total. The third kappa shape index (κ3) is 3.77. The lowest BCUT2D eigenvalue weighted by Gasteiger charge is -2.20. The lowest BCUT2D eigenvalue weighted by Crippen LogP contribution is -2.39.